The zero-order chi connectivity index (χ0) is 16.8. The van der Waals surface area contributed by atoms with E-state index < -0.39 is 11.9 Å². The van der Waals surface area contributed by atoms with Crippen LogP contribution in [0.1, 0.15) is 38.2 Å². The van der Waals surface area contributed by atoms with E-state index in [0.717, 1.165) is 24.8 Å². The third kappa shape index (κ3) is 5.10. The minimum atomic E-state index is -0.523. The van der Waals surface area contributed by atoms with Gasteiger partial charge in [-0.25, -0.2) is 9.78 Å². The SMILES string of the molecule is Cc1ccnc(Cl)c1OCC(=O)NC(=O)NC1CCCCC1C. The second-order valence-corrected chi connectivity index (χ2v) is 6.28. The van der Waals surface area contributed by atoms with E-state index >= 15 is 0 Å². The highest BCUT2D eigenvalue weighted by atomic mass is 35.5. The minimum Gasteiger partial charge on any atom is -0.480 e. The Bertz CT molecular complexity index is 559. The van der Waals surface area contributed by atoms with Gasteiger partial charge in [-0.3, -0.25) is 10.1 Å². The molecule has 126 valence electrons. The molecular weight excluding hydrogens is 318 g/mol. The Morgan fingerprint density at radius 1 is 1.39 bits per heavy atom. The van der Waals surface area contributed by atoms with E-state index in [1.54, 1.807) is 19.2 Å². The molecule has 1 aliphatic rings. The Morgan fingerprint density at radius 2 is 2.13 bits per heavy atom. The van der Waals surface area contributed by atoms with Gasteiger partial charge in [-0.15, -0.1) is 0 Å². The first-order valence-electron chi connectivity index (χ1n) is 7.81. The third-order valence-corrected chi connectivity index (χ3v) is 4.36. The monoisotopic (exact) mass is 339 g/mol. The van der Waals surface area contributed by atoms with Gasteiger partial charge in [0.15, 0.2) is 17.5 Å². The fraction of sp³-hybridized carbons (Fsp3) is 0.562. The van der Waals surface area contributed by atoms with Crippen LogP contribution in [0.5, 0.6) is 5.75 Å². The van der Waals surface area contributed by atoms with Gasteiger partial charge in [0.05, 0.1) is 0 Å². The number of hydrogen-bond acceptors (Lipinski definition) is 4. The second-order valence-electron chi connectivity index (χ2n) is 5.93. The van der Waals surface area contributed by atoms with E-state index in [0.29, 0.717) is 11.7 Å². The molecule has 2 unspecified atom stereocenters. The van der Waals surface area contributed by atoms with Gasteiger partial charge in [0.1, 0.15) is 0 Å². The summed E-state index contributed by atoms with van der Waals surface area (Å²) >= 11 is 5.92. The molecule has 0 radical (unpaired) electrons. The molecule has 23 heavy (non-hydrogen) atoms. The van der Waals surface area contributed by atoms with E-state index in [4.69, 9.17) is 16.3 Å². The number of imide groups is 1. The minimum absolute atomic E-state index is 0.118. The molecule has 0 aromatic carbocycles. The Balaban J connectivity index is 1.79. The van der Waals surface area contributed by atoms with Crippen molar-refractivity contribution in [1.29, 1.82) is 0 Å². The van der Waals surface area contributed by atoms with Gasteiger partial charge in [0.2, 0.25) is 0 Å². The molecule has 2 atom stereocenters. The van der Waals surface area contributed by atoms with Gasteiger partial charge >= 0.3 is 6.03 Å². The second kappa shape index (κ2) is 8.15. The summed E-state index contributed by atoms with van der Waals surface area (Å²) < 4.78 is 5.35. The number of carbonyl (C=O) groups is 2. The molecule has 1 fully saturated rings. The number of nitrogens with one attached hydrogen (secondary N) is 2. The summed E-state index contributed by atoms with van der Waals surface area (Å²) in [5.74, 6) is 0.258. The molecule has 0 saturated heterocycles. The van der Waals surface area contributed by atoms with Crippen LogP contribution in [0.3, 0.4) is 0 Å². The van der Waals surface area contributed by atoms with Crippen molar-refractivity contribution in [2.75, 3.05) is 6.61 Å². The highest BCUT2D eigenvalue weighted by Crippen LogP contribution is 2.25. The van der Waals surface area contributed by atoms with Crippen molar-refractivity contribution < 1.29 is 14.3 Å². The Morgan fingerprint density at radius 3 is 2.83 bits per heavy atom. The van der Waals surface area contributed by atoms with Crippen LogP contribution < -0.4 is 15.4 Å². The highest BCUT2D eigenvalue weighted by molar-refractivity contribution is 6.30. The standard InChI is InChI=1S/C16H22ClN3O3/c1-10-5-3-4-6-12(10)19-16(22)20-13(21)9-23-14-11(2)7-8-18-15(14)17/h7-8,10,12H,3-6,9H2,1-2H3,(H2,19,20,21,22). The van der Waals surface area contributed by atoms with E-state index in [-0.39, 0.29) is 17.8 Å². The number of amides is 3. The van der Waals surface area contributed by atoms with Crippen molar-refractivity contribution in [1.82, 2.24) is 15.6 Å². The first kappa shape index (κ1) is 17.5. The van der Waals surface area contributed by atoms with Gasteiger partial charge < -0.3 is 10.1 Å². The number of carbonyl (C=O) groups excluding carboxylic acids is 2. The lowest BCUT2D eigenvalue weighted by molar-refractivity contribution is -0.122. The van der Waals surface area contributed by atoms with Crippen molar-refractivity contribution >= 4 is 23.5 Å². The number of nitrogens with zero attached hydrogens (tertiary/aromatic N) is 1. The maximum atomic E-state index is 11.9. The zero-order valence-corrected chi connectivity index (χ0v) is 14.2. The van der Waals surface area contributed by atoms with Crippen LogP contribution in [0.15, 0.2) is 12.3 Å². The number of halogens is 1. The van der Waals surface area contributed by atoms with Gasteiger partial charge in [-0.2, -0.15) is 0 Å². The summed E-state index contributed by atoms with van der Waals surface area (Å²) in [6.45, 7) is 3.63. The number of urea groups is 1. The molecule has 7 heteroatoms. The molecule has 1 aliphatic carbocycles. The molecule has 2 rings (SSSR count). The summed E-state index contributed by atoms with van der Waals surface area (Å²) in [4.78, 5) is 27.6. The largest absolute Gasteiger partial charge is 0.480 e. The maximum absolute atomic E-state index is 11.9. The van der Waals surface area contributed by atoms with E-state index in [1.165, 1.54) is 6.42 Å². The molecular formula is C16H22ClN3O3. The molecule has 1 aromatic rings. The molecule has 0 aliphatic heterocycles. The molecule has 0 bridgehead atoms. The summed E-state index contributed by atoms with van der Waals surface area (Å²) in [6, 6.07) is 1.37. The zero-order valence-electron chi connectivity index (χ0n) is 13.4. The number of ether oxygens (including phenoxy) is 1. The van der Waals surface area contributed by atoms with Crippen LogP contribution in [-0.4, -0.2) is 29.6 Å². The topological polar surface area (TPSA) is 80.3 Å². The maximum Gasteiger partial charge on any atom is 0.321 e. The Labute approximate surface area is 140 Å². The average Bonchev–Trinajstić information content (AvgIpc) is 2.49. The fourth-order valence-corrected chi connectivity index (χ4v) is 2.98. The van der Waals surface area contributed by atoms with Crippen molar-refractivity contribution in [3.8, 4) is 5.75 Å². The predicted molar refractivity (Wildman–Crippen MR) is 87.6 cm³/mol. The van der Waals surface area contributed by atoms with Crippen LogP contribution in [0.4, 0.5) is 4.79 Å². The number of rotatable bonds is 4. The number of hydrogen-bond donors (Lipinski definition) is 2. The van der Waals surface area contributed by atoms with Crippen molar-refractivity contribution in [2.24, 2.45) is 5.92 Å². The van der Waals surface area contributed by atoms with E-state index in [2.05, 4.69) is 22.5 Å². The molecule has 6 nitrogen and oxygen atoms in total. The Kier molecular flexibility index (Phi) is 6.21. The number of pyridine rings is 1. The molecule has 1 aromatic heterocycles. The smallest absolute Gasteiger partial charge is 0.321 e. The number of aryl methyl sites for hydroxylation is 1. The van der Waals surface area contributed by atoms with E-state index in [1.807, 2.05) is 0 Å². The molecule has 2 N–H and O–H groups in total. The summed E-state index contributed by atoms with van der Waals surface area (Å²) in [6.07, 6.45) is 5.90. The van der Waals surface area contributed by atoms with Gasteiger partial charge in [-0.1, -0.05) is 31.4 Å². The van der Waals surface area contributed by atoms with Gasteiger partial charge in [-0.05, 0) is 37.3 Å². The van der Waals surface area contributed by atoms with Gasteiger partial charge in [0.25, 0.3) is 5.91 Å². The van der Waals surface area contributed by atoms with Crippen LogP contribution in [-0.2, 0) is 4.79 Å². The lowest BCUT2D eigenvalue weighted by Crippen LogP contribution is -2.48. The van der Waals surface area contributed by atoms with Gasteiger partial charge in [0, 0.05) is 12.2 Å². The fourth-order valence-electron chi connectivity index (χ4n) is 2.72. The quantitative estimate of drug-likeness (QED) is 0.826. The lowest BCUT2D eigenvalue weighted by Gasteiger charge is -2.29. The normalized spacial score (nSPS) is 20.7. The van der Waals surface area contributed by atoms with Crippen LogP contribution in [0, 0.1) is 12.8 Å². The molecule has 0 spiro atoms. The van der Waals surface area contributed by atoms with Crippen LogP contribution >= 0.6 is 11.6 Å². The summed E-state index contributed by atoms with van der Waals surface area (Å²) in [5, 5.41) is 5.33. The van der Waals surface area contributed by atoms with Crippen LogP contribution in [0.2, 0.25) is 5.15 Å². The number of aromatic nitrogens is 1. The van der Waals surface area contributed by atoms with Crippen molar-refractivity contribution in [3.63, 3.8) is 0 Å². The first-order valence-corrected chi connectivity index (χ1v) is 8.19. The lowest BCUT2D eigenvalue weighted by atomic mass is 9.86. The highest BCUT2D eigenvalue weighted by Gasteiger charge is 2.23. The molecule has 3 amide bonds. The Hall–Kier alpha value is -1.82. The third-order valence-electron chi connectivity index (χ3n) is 4.09. The van der Waals surface area contributed by atoms with Crippen molar-refractivity contribution in [3.05, 3.63) is 23.0 Å². The molecule has 1 heterocycles. The van der Waals surface area contributed by atoms with E-state index in [9.17, 15) is 9.59 Å². The first-order chi connectivity index (χ1) is 11.0. The molecule has 1 saturated carbocycles. The summed E-state index contributed by atoms with van der Waals surface area (Å²) in [5.41, 5.74) is 0.776. The average molecular weight is 340 g/mol. The predicted octanol–water partition coefficient (Wildman–Crippen LogP) is 2.83. The van der Waals surface area contributed by atoms with Crippen LogP contribution in [0.25, 0.3) is 0 Å². The summed E-state index contributed by atoms with van der Waals surface area (Å²) in [7, 11) is 0. The van der Waals surface area contributed by atoms with Crippen molar-refractivity contribution in [2.45, 2.75) is 45.6 Å².